The molecule has 0 aromatic carbocycles. The number of H-pyrrole nitrogens is 1. The molecule has 1 saturated carbocycles. The maximum Gasteiger partial charge on any atom is 0.275 e. The highest BCUT2D eigenvalue weighted by molar-refractivity contribution is 7.13. The van der Waals surface area contributed by atoms with Crippen molar-refractivity contribution in [2.45, 2.75) is 18.8 Å². The van der Waals surface area contributed by atoms with E-state index in [4.69, 9.17) is 4.74 Å². The minimum atomic E-state index is -0.332. The van der Waals surface area contributed by atoms with E-state index >= 15 is 0 Å². The van der Waals surface area contributed by atoms with Gasteiger partial charge in [-0.1, -0.05) is 0 Å². The first-order chi connectivity index (χ1) is 16.2. The third-order valence-electron chi connectivity index (χ3n) is 5.69. The van der Waals surface area contributed by atoms with Crippen LogP contribution in [0.15, 0.2) is 36.5 Å². The van der Waals surface area contributed by atoms with Crippen molar-refractivity contribution in [3.05, 3.63) is 47.9 Å². The molecule has 5 heterocycles. The average Bonchev–Trinajstić information content (AvgIpc) is 3.25. The van der Waals surface area contributed by atoms with Crippen LogP contribution in [-0.4, -0.2) is 66.9 Å². The Labute approximate surface area is 192 Å². The van der Waals surface area contributed by atoms with E-state index in [9.17, 15) is 4.79 Å². The predicted octanol–water partition coefficient (Wildman–Crippen LogP) is 2.48. The summed E-state index contributed by atoms with van der Waals surface area (Å²) in [7, 11) is 0. The fourth-order valence-corrected chi connectivity index (χ4v) is 4.50. The molecular weight excluding hydrogens is 442 g/mol. The van der Waals surface area contributed by atoms with Crippen LogP contribution >= 0.6 is 11.3 Å². The van der Waals surface area contributed by atoms with Gasteiger partial charge in [0, 0.05) is 30.6 Å². The second-order valence-corrected chi connectivity index (χ2v) is 8.83. The van der Waals surface area contributed by atoms with Gasteiger partial charge in [0.1, 0.15) is 17.8 Å². The number of morpholine rings is 1. The summed E-state index contributed by atoms with van der Waals surface area (Å²) in [6.07, 6.45) is 9.48. The number of amides is 1. The van der Waals surface area contributed by atoms with Crippen molar-refractivity contribution in [3.8, 4) is 16.5 Å². The molecule has 1 aliphatic heterocycles. The summed E-state index contributed by atoms with van der Waals surface area (Å²) < 4.78 is 7.49. The molecule has 1 aliphatic carbocycles. The van der Waals surface area contributed by atoms with Gasteiger partial charge >= 0.3 is 0 Å². The number of carbonyl (C=O) groups excluding carboxylic acids is 1. The predicted molar refractivity (Wildman–Crippen MR) is 122 cm³/mol. The van der Waals surface area contributed by atoms with Gasteiger partial charge in [0.25, 0.3) is 5.91 Å². The first-order valence-corrected chi connectivity index (χ1v) is 11.6. The van der Waals surface area contributed by atoms with Crippen molar-refractivity contribution in [3.63, 3.8) is 0 Å². The Balaban J connectivity index is 1.29. The van der Waals surface area contributed by atoms with Gasteiger partial charge in [-0.25, -0.2) is 15.0 Å². The van der Waals surface area contributed by atoms with Crippen LogP contribution < -0.4 is 10.2 Å². The van der Waals surface area contributed by atoms with Crippen molar-refractivity contribution in [1.29, 1.82) is 0 Å². The molecule has 0 atom stereocenters. The van der Waals surface area contributed by atoms with E-state index < -0.39 is 0 Å². The number of aromatic amines is 1. The Morgan fingerprint density at radius 1 is 1.21 bits per heavy atom. The molecule has 2 N–H and O–H groups in total. The Hall–Kier alpha value is -3.64. The van der Waals surface area contributed by atoms with Crippen molar-refractivity contribution in [2.75, 3.05) is 36.5 Å². The Bertz CT molecular complexity index is 1270. The molecule has 0 unspecified atom stereocenters. The topological polar surface area (TPSA) is 127 Å². The number of nitrogens with zero attached hydrogens (tertiary/aromatic N) is 7. The smallest absolute Gasteiger partial charge is 0.275 e. The normalized spacial score (nSPS) is 16.2. The highest BCUT2D eigenvalue weighted by Gasteiger charge is 2.27. The number of thiazole rings is 1. The van der Waals surface area contributed by atoms with Gasteiger partial charge in [-0.3, -0.25) is 4.79 Å². The van der Waals surface area contributed by atoms with Gasteiger partial charge < -0.3 is 24.5 Å². The molecule has 1 amide bonds. The average molecular weight is 464 g/mol. The number of anilines is 2. The molecule has 12 heteroatoms. The third-order valence-corrected chi connectivity index (χ3v) is 6.54. The second kappa shape index (κ2) is 8.37. The van der Waals surface area contributed by atoms with Gasteiger partial charge in [0.2, 0.25) is 0 Å². The fraction of sp³-hybridized carbons (Fsp3) is 0.333. The fourth-order valence-electron chi connectivity index (χ4n) is 3.81. The molecular formula is C21H21N9O2S. The number of aromatic nitrogens is 7. The first-order valence-electron chi connectivity index (χ1n) is 10.7. The molecule has 11 nitrogen and oxygen atoms in total. The number of rotatable bonds is 6. The summed E-state index contributed by atoms with van der Waals surface area (Å²) in [5.41, 5.74) is 3.22. The molecule has 168 valence electrons. The van der Waals surface area contributed by atoms with E-state index in [-0.39, 0.29) is 5.91 Å². The van der Waals surface area contributed by atoms with Crippen LogP contribution in [0.25, 0.3) is 16.5 Å². The van der Waals surface area contributed by atoms with E-state index in [0.29, 0.717) is 41.5 Å². The van der Waals surface area contributed by atoms with E-state index in [1.165, 1.54) is 30.5 Å². The molecule has 0 bridgehead atoms. The second-order valence-electron chi connectivity index (χ2n) is 7.97. The van der Waals surface area contributed by atoms with Crippen LogP contribution in [0.3, 0.4) is 0 Å². The van der Waals surface area contributed by atoms with Crippen LogP contribution in [0.2, 0.25) is 0 Å². The van der Waals surface area contributed by atoms with Crippen molar-refractivity contribution < 1.29 is 9.53 Å². The maximum atomic E-state index is 13.0. The Kier molecular flexibility index (Phi) is 5.07. The maximum absolute atomic E-state index is 13.0. The molecule has 2 aliphatic rings. The number of ether oxygens (including phenoxy) is 1. The lowest BCUT2D eigenvalue weighted by atomic mass is 10.2. The molecule has 4 aromatic rings. The zero-order valence-electron chi connectivity index (χ0n) is 17.6. The highest BCUT2D eigenvalue weighted by atomic mass is 32.1. The number of pyridine rings is 1. The van der Waals surface area contributed by atoms with Crippen molar-refractivity contribution >= 4 is 28.7 Å². The summed E-state index contributed by atoms with van der Waals surface area (Å²) in [5.74, 6) is 1.21. The lowest BCUT2D eigenvalue weighted by Crippen LogP contribution is -2.37. The number of hydrogen-bond donors (Lipinski definition) is 2. The Morgan fingerprint density at radius 3 is 2.88 bits per heavy atom. The molecule has 6 rings (SSSR count). The first kappa shape index (κ1) is 20.0. The number of carbonyl (C=O) groups is 1. The molecule has 4 aromatic heterocycles. The van der Waals surface area contributed by atoms with E-state index in [2.05, 4.69) is 46.5 Å². The van der Waals surface area contributed by atoms with Gasteiger partial charge in [-0.05, 0) is 18.9 Å². The summed E-state index contributed by atoms with van der Waals surface area (Å²) in [5, 5.41) is 12.9. The largest absolute Gasteiger partial charge is 0.378 e. The highest BCUT2D eigenvalue weighted by Crippen LogP contribution is 2.39. The third kappa shape index (κ3) is 4.10. The molecule has 0 spiro atoms. The van der Waals surface area contributed by atoms with E-state index in [1.54, 1.807) is 11.6 Å². The van der Waals surface area contributed by atoms with Gasteiger partial charge in [-0.15, -0.1) is 21.5 Å². The van der Waals surface area contributed by atoms with Gasteiger partial charge in [-0.2, -0.15) is 0 Å². The van der Waals surface area contributed by atoms with Crippen molar-refractivity contribution in [2.24, 2.45) is 0 Å². The van der Waals surface area contributed by atoms with Crippen LogP contribution in [0, 0.1) is 0 Å². The van der Waals surface area contributed by atoms with E-state index in [1.807, 2.05) is 17.0 Å². The summed E-state index contributed by atoms with van der Waals surface area (Å²) in [6.45, 7) is 2.87. The molecule has 2 fully saturated rings. The van der Waals surface area contributed by atoms with Gasteiger partial charge in [0.15, 0.2) is 10.8 Å². The molecule has 1 saturated heterocycles. The summed E-state index contributed by atoms with van der Waals surface area (Å²) in [6, 6.07) is 1.81. The molecule has 0 radical (unpaired) electrons. The minimum absolute atomic E-state index is 0.304. The number of nitrogens with one attached hydrogen (secondary N) is 2. The SMILES string of the molecule is O=C(Nc1csc(-c2nnc[nH]2)n1)c1cc(-n2cnc(C3CC3)c2)c(N2CCOCC2)cn1. The lowest BCUT2D eigenvalue weighted by Gasteiger charge is -2.30. The van der Waals surface area contributed by atoms with Crippen molar-refractivity contribution in [1.82, 2.24) is 34.7 Å². The number of imidazole rings is 1. The van der Waals surface area contributed by atoms with Crippen LogP contribution in [0.4, 0.5) is 11.5 Å². The summed E-state index contributed by atoms with van der Waals surface area (Å²) in [4.78, 5) is 31.6. The quantitative estimate of drug-likeness (QED) is 0.447. The lowest BCUT2D eigenvalue weighted by molar-refractivity contribution is 0.102. The Morgan fingerprint density at radius 2 is 2.09 bits per heavy atom. The van der Waals surface area contributed by atoms with Crippen LogP contribution in [0.1, 0.15) is 34.9 Å². The van der Waals surface area contributed by atoms with Crippen LogP contribution in [0.5, 0.6) is 0 Å². The van der Waals surface area contributed by atoms with Crippen LogP contribution in [-0.2, 0) is 4.74 Å². The zero-order valence-corrected chi connectivity index (χ0v) is 18.5. The minimum Gasteiger partial charge on any atom is -0.378 e. The zero-order chi connectivity index (χ0) is 22.2. The monoisotopic (exact) mass is 463 g/mol. The molecule has 33 heavy (non-hydrogen) atoms. The summed E-state index contributed by atoms with van der Waals surface area (Å²) >= 11 is 1.37. The number of hydrogen-bond acceptors (Lipinski definition) is 9. The van der Waals surface area contributed by atoms with E-state index in [0.717, 1.165) is 30.2 Å². The standard InChI is InChI=1S/C21H21N9O2S/c31-20(26-18-10-33-21(27-18)19-23-11-25-28-19)14-7-16(30-9-15(24-12-30)13-1-2-13)17(8-22-14)29-3-5-32-6-4-29/h7-13H,1-6H2,(H,26,31)(H,23,25,28). The van der Waals surface area contributed by atoms with Gasteiger partial charge in [0.05, 0.1) is 42.8 Å².